The van der Waals surface area contributed by atoms with Crippen molar-refractivity contribution in [2.45, 2.75) is 44.4 Å². The van der Waals surface area contributed by atoms with Crippen LogP contribution >= 0.6 is 0 Å². The van der Waals surface area contributed by atoms with Crippen molar-refractivity contribution < 1.29 is 9.13 Å². The van der Waals surface area contributed by atoms with E-state index in [9.17, 15) is 4.39 Å². The highest BCUT2D eigenvalue weighted by Gasteiger charge is 2.22. The van der Waals surface area contributed by atoms with E-state index in [-0.39, 0.29) is 18.0 Å². The smallest absolute Gasteiger partial charge is 0.128 e. The summed E-state index contributed by atoms with van der Waals surface area (Å²) in [6.45, 7) is 0.324. The van der Waals surface area contributed by atoms with Crippen LogP contribution in [0.1, 0.15) is 31.2 Å². The second kappa shape index (κ2) is 5.41. The SMILES string of the molecule is NC1CCCCC1OCc1ccccc1F. The molecule has 1 fully saturated rings. The summed E-state index contributed by atoms with van der Waals surface area (Å²) in [5.41, 5.74) is 6.57. The van der Waals surface area contributed by atoms with Crippen LogP contribution < -0.4 is 5.73 Å². The van der Waals surface area contributed by atoms with Gasteiger partial charge in [-0.25, -0.2) is 4.39 Å². The lowest BCUT2D eigenvalue weighted by Gasteiger charge is -2.28. The molecule has 2 unspecified atom stereocenters. The highest BCUT2D eigenvalue weighted by atomic mass is 19.1. The molecule has 0 spiro atoms. The summed E-state index contributed by atoms with van der Waals surface area (Å²) in [6.07, 6.45) is 4.45. The van der Waals surface area contributed by atoms with Crippen LogP contribution in [0.25, 0.3) is 0 Å². The van der Waals surface area contributed by atoms with Crippen LogP contribution in [0.15, 0.2) is 24.3 Å². The number of nitrogens with two attached hydrogens (primary N) is 1. The fraction of sp³-hybridized carbons (Fsp3) is 0.538. The van der Waals surface area contributed by atoms with E-state index in [0.717, 1.165) is 19.3 Å². The van der Waals surface area contributed by atoms with E-state index >= 15 is 0 Å². The van der Waals surface area contributed by atoms with E-state index in [4.69, 9.17) is 10.5 Å². The van der Waals surface area contributed by atoms with Crippen molar-refractivity contribution in [1.29, 1.82) is 0 Å². The molecule has 3 heteroatoms. The summed E-state index contributed by atoms with van der Waals surface area (Å²) < 4.78 is 19.0. The number of halogens is 1. The fourth-order valence-electron chi connectivity index (χ4n) is 2.14. The first kappa shape index (κ1) is 11.6. The predicted octanol–water partition coefficient (Wildman–Crippen LogP) is 2.61. The van der Waals surface area contributed by atoms with E-state index in [0.29, 0.717) is 12.2 Å². The lowest BCUT2D eigenvalue weighted by atomic mass is 9.93. The van der Waals surface area contributed by atoms with Gasteiger partial charge >= 0.3 is 0 Å². The minimum atomic E-state index is -0.202. The van der Waals surface area contributed by atoms with Crippen molar-refractivity contribution >= 4 is 0 Å². The molecule has 2 N–H and O–H groups in total. The number of ether oxygens (including phenoxy) is 1. The highest BCUT2D eigenvalue weighted by Crippen LogP contribution is 2.21. The molecule has 2 nitrogen and oxygen atoms in total. The van der Waals surface area contributed by atoms with Crippen LogP contribution in [0, 0.1) is 5.82 Å². The van der Waals surface area contributed by atoms with Crippen molar-refractivity contribution in [3.05, 3.63) is 35.6 Å². The minimum absolute atomic E-state index is 0.0911. The zero-order valence-electron chi connectivity index (χ0n) is 9.36. The second-order valence-corrected chi connectivity index (χ2v) is 4.39. The summed E-state index contributed by atoms with van der Waals surface area (Å²) >= 11 is 0. The Labute approximate surface area is 95.6 Å². The zero-order chi connectivity index (χ0) is 11.4. The average molecular weight is 223 g/mol. The monoisotopic (exact) mass is 223 g/mol. The van der Waals surface area contributed by atoms with Gasteiger partial charge in [0.15, 0.2) is 0 Å². The Morgan fingerprint density at radius 1 is 1.25 bits per heavy atom. The van der Waals surface area contributed by atoms with Gasteiger partial charge in [0.05, 0.1) is 12.7 Å². The quantitative estimate of drug-likeness (QED) is 0.855. The molecule has 1 aromatic rings. The summed E-state index contributed by atoms with van der Waals surface area (Å²) in [5, 5.41) is 0. The molecule has 1 saturated carbocycles. The van der Waals surface area contributed by atoms with Gasteiger partial charge in [0.1, 0.15) is 5.82 Å². The third-order valence-corrected chi connectivity index (χ3v) is 3.16. The molecule has 2 atom stereocenters. The number of rotatable bonds is 3. The van der Waals surface area contributed by atoms with Crippen molar-refractivity contribution in [2.24, 2.45) is 5.73 Å². The van der Waals surface area contributed by atoms with Gasteiger partial charge in [-0.15, -0.1) is 0 Å². The molecule has 88 valence electrons. The molecular weight excluding hydrogens is 205 g/mol. The van der Waals surface area contributed by atoms with Gasteiger partial charge in [-0.3, -0.25) is 0 Å². The maximum absolute atomic E-state index is 13.3. The van der Waals surface area contributed by atoms with Gasteiger partial charge < -0.3 is 10.5 Å². The zero-order valence-corrected chi connectivity index (χ0v) is 9.36. The Hall–Kier alpha value is -0.930. The van der Waals surface area contributed by atoms with Gasteiger partial charge in [0.25, 0.3) is 0 Å². The summed E-state index contributed by atoms with van der Waals surface area (Å²) in [6, 6.07) is 6.83. The summed E-state index contributed by atoms with van der Waals surface area (Å²) in [5.74, 6) is -0.202. The standard InChI is InChI=1S/C13H18FNO/c14-11-6-2-1-5-10(11)9-16-13-8-4-3-7-12(13)15/h1-2,5-6,12-13H,3-4,7-9,15H2. The van der Waals surface area contributed by atoms with Crippen LogP contribution in [-0.2, 0) is 11.3 Å². The average Bonchev–Trinajstić information content (AvgIpc) is 2.30. The maximum atomic E-state index is 13.3. The summed E-state index contributed by atoms with van der Waals surface area (Å²) in [4.78, 5) is 0. The van der Waals surface area contributed by atoms with E-state index in [1.165, 1.54) is 12.5 Å². The molecule has 0 aliphatic heterocycles. The van der Waals surface area contributed by atoms with Gasteiger partial charge in [-0.1, -0.05) is 31.0 Å². The Balaban J connectivity index is 1.89. The molecular formula is C13H18FNO. The Morgan fingerprint density at radius 3 is 2.75 bits per heavy atom. The Kier molecular flexibility index (Phi) is 3.91. The van der Waals surface area contributed by atoms with Crippen molar-refractivity contribution in [2.75, 3.05) is 0 Å². The molecule has 1 aliphatic carbocycles. The molecule has 0 heterocycles. The largest absolute Gasteiger partial charge is 0.372 e. The number of benzene rings is 1. The molecule has 0 saturated heterocycles. The van der Waals surface area contributed by atoms with Crippen molar-refractivity contribution in [1.82, 2.24) is 0 Å². The minimum Gasteiger partial charge on any atom is -0.372 e. The predicted molar refractivity (Wildman–Crippen MR) is 61.4 cm³/mol. The third kappa shape index (κ3) is 2.80. The normalized spacial score (nSPS) is 25.6. The summed E-state index contributed by atoms with van der Waals surface area (Å²) in [7, 11) is 0. The first-order valence-corrected chi connectivity index (χ1v) is 5.88. The van der Waals surface area contributed by atoms with E-state index in [1.54, 1.807) is 12.1 Å². The number of hydrogen-bond donors (Lipinski definition) is 1. The lowest BCUT2D eigenvalue weighted by Crippen LogP contribution is -2.39. The first-order chi connectivity index (χ1) is 7.77. The molecule has 0 bridgehead atoms. The van der Waals surface area contributed by atoms with E-state index < -0.39 is 0 Å². The van der Waals surface area contributed by atoms with Gasteiger partial charge in [-0.2, -0.15) is 0 Å². The topological polar surface area (TPSA) is 35.2 Å². The highest BCUT2D eigenvalue weighted by molar-refractivity contribution is 5.16. The molecule has 0 radical (unpaired) electrons. The fourth-order valence-corrected chi connectivity index (χ4v) is 2.14. The van der Waals surface area contributed by atoms with Crippen LogP contribution in [0.2, 0.25) is 0 Å². The van der Waals surface area contributed by atoms with Gasteiger partial charge in [-0.05, 0) is 18.9 Å². The Bertz CT molecular complexity index is 342. The Morgan fingerprint density at radius 2 is 2.00 bits per heavy atom. The second-order valence-electron chi connectivity index (χ2n) is 4.39. The number of hydrogen-bond acceptors (Lipinski definition) is 2. The van der Waals surface area contributed by atoms with Crippen molar-refractivity contribution in [3.8, 4) is 0 Å². The molecule has 0 amide bonds. The van der Waals surface area contributed by atoms with Crippen LogP contribution in [-0.4, -0.2) is 12.1 Å². The van der Waals surface area contributed by atoms with Crippen LogP contribution in [0.3, 0.4) is 0 Å². The van der Waals surface area contributed by atoms with Gasteiger partial charge in [0.2, 0.25) is 0 Å². The van der Waals surface area contributed by atoms with Gasteiger partial charge in [0, 0.05) is 11.6 Å². The van der Waals surface area contributed by atoms with Crippen LogP contribution in [0.4, 0.5) is 4.39 Å². The molecule has 0 aromatic heterocycles. The van der Waals surface area contributed by atoms with E-state index in [1.807, 2.05) is 6.07 Å². The lowest BCUT2D eigenvalue weighted by molar-refractivity contribution is 0.00288. The molecule has 1 aromatic carbocycles. The molecule has 1 aliphatic rings. The first-order valence-electron chi connectivity index (χ1n) is 5.88. The van der Waals surface area contributed by atoms with Crippen LogP contribution in [0.5, 0.6) is 0 Å². The molecule has 16 heavy (non-hydrogen) atoms. The molecule has 2 rings (SSSR count). The third-order valence-electron chi connectivity index (χ3n) is 3.16. The van der Waals surface area contributed by atoms with Crippen molar-refractivity contribution in [3.63, 3.8) is 0 Å². The maximum Gasteiger partial charge on any atom is 0.128 e. The van der Waals surface area contributed by atoms with E-state index in [2.05, 4.69) is 0 Å².